The summed E-state index contributed by atoms with van der Waals surface area (Å²) in [7, 11) is 0. The fraction of sp³-hybridized carbons (Fsp3) is 0.318. The standard InChI is InChI=1S/C22H22F3N3O2S/c1-4-13(3)31-14-10-11-18(17(12-14)22(23,24)25)26-20(29)19-15-8-6-7-9-16(15)21(30)28(5-2)27-19/h6-13H,4-5H2,1-3H3,(H,26,29). The molecule has 3 rings (SSSR count). The normalized spacial score (nSPS) is 12.7. The number of fused-ring (bicyclic) bond motifs is 1. The second-order valence-electron chi connectivity index (χ2n) is 7.01. The fourth-order valence-corrected chi connectivity index (χ4v) is 4.02. The number of carbonyl (C=O) groups excluding carboxylic acids is 1. The molecule has 0 saturated carbocycles. The van der Waals surface area contributed by atoms with E-state index >= 15 is 0 Å². The molecular weight excluding hydrogens is 427 g/mol. The van der Waals surface area contributed by atoms with Crippen LogP contribution in [0, 0.1) is 0 Å². The van der Waals surface area contributed by atoms with Crippen molar-refractivity contribution in [3.63, 3.8) is 0 Å². The smallest absolute Gasteiger partial charge is 0.320 e. The van der Waals surface area contributed by atoms with Crippen LogP contribution in [0.15, 0.2) is 52.2 Å². The molecule has 164 valence electrons. The van der Waals surface area contributed by atoms with Crippen molar-refractivity contribution in [3.05, 3.63) is 64.1 Å². The third-order valence-electron chi connectivity index (χ3n) is 4.84. The molecule has 3 aromatic rings. The minimum Gasteiger partial charge on any atom is -0.320 e. The van der Waals surface area contributed by atoms with E-state index in [2.05, 4.69) is 10.4 Å². The highest BCUT2D eigenvalue weighted by Gasteiger charge is 2.34. The Morgan fingerprint density at radius 3 is 2.45 bits per heavy atom. The lowest BCUT2D eigenvalue weighted by atomic mass is 10.1. The van der Waals surface area contributed by atoms with Crippen LogP contribution in [0.25, 0.3) is 10.8 Å². The van der Waals surface area contributed by atoms with Gasteiger partial charge in [-0.3, -0.25) is 9.59 Å². The molecular formula is C22H22F3N3O2S. The van der Waals surface area contributed by atoms with Gasteiger partial charge in [-0.2, -0.15) is 18.3 Å². The van der Waals surface area contributed by atoms with Gasteiger partial charge in [0, 0.05) is 22.1 Å². The number of carbonyl (C=O) groups is 1. The molecule has 0 aliphatic rings. The van der Waals surface area contributed by atoms with E-state index in [1.807, 2.05) is 13.8 Å². The SMILES string of the molecule is CCC(C)Sc1ccc(NC(=O)c2nn(CC)c(=O)c3ccccc23)c(C(F)(F)F)c1. The minimum absolute atomic E-state index is 0.108. The van der Waals surface area contributed by atoms with Crippen LogP contribution in [0.2, 0.25) is 0 Å². The number of benzene rings is 2. The van der Waals surface area contributed by atoms with Crippen LogP contribution in [0.4, 0.5) is 18.9 Å². The highest BCUT2D eigenvalue weighted by Crippen LogP contribution is 2.38. The number of thioether (sulfide) groups is 1. The Kier molecular flexibility index (Phi) is 6.74. The van der Waals surface area contributed by atoms with E-state index in [4.69, 9.17) is 0 Å². The van der Waals surface area contributed by atoms with Crippen LogP contribution >= 0.6 is 11.8 Å². The molecule has 1 heterocycles. The maximum absolute atomic E-state index is 13.7. The number of halogens is 3. The monoisotopic (exact) mass is 449 g/mol. The van der Waals surface area contributed by atoms with E-state index in [1.165, 1.54) is 17.8 Å². The lowest BCUT2D eigenvalue weighted by Gasteiger charge is -2.17. The van der Waals surface area contributed by atoms with Gasteiger partial charge in [-0.15, -0.1) is 11.8 Å². The molecule has 1 aromatic heterocycles. The molecule has 0 aliphatic heterocycles. The lowest BCUT2D eigenvalue weighted by Crippen LogP contribution is -2.27. The van der Waals surface area contributed by atoms with Crippen LogP contribution < -0.4 is 10.9 Å². The first kappa shape index (κ1) is 22.9. The fourth-order valence-electron chi connectivity index (χ4n) is 3.05. The Morgan fingerprint density at radius 1 is 1.16 bits per heavy atom. The van der Waals surface area contributed by atoms with Crippen molar-refractivity contribution >= 4 is 34.1 Å². The van der Waals surface area contributed by atoms with Crippen molar-refractivity contribution in [3.8, 4) is 0 Å². The van der Waals surface area contributed by atoms with Crippen LogP contribution in [0.5, 0.6) is 0 Å². The Labute approximate surface area is 181 Å². The first-order valence-corrected chi connectivity index (χ1v) is 10.7. The van der Waals surface area contributed by atoms with Crippen LogP contribution in [0.3, 0.4) is 0 Å². The van der Waals surface area contributed by atoms with Crippen molar-refractivity contribution in [2.75, 3.05) is 5.32 Å². The summed E-state index contributed by atoms with van der Waals surface area (Å²) in [5, 5.41) is 7.15. The number of aryl methyl sites for hydroxylation is 1. The molecule has 0 spiro atoms. The Bertz CT molecular complexity index is 1170. The zero-order valence-corrected chi connectivity index (χ0v) is 18.1. The number of hydrogen-bond donors (Lipinski definition) is 1. The van der Waals surface area contributed by atoms with Gasteiger partial charge >= 0.3 is 6.18 Å². The molecule has 0 aliphatic carbocycles. The van der Waals surface area contributed by atoms with Crippen molar-refractivity contribution < 1.29 is 18.0 Å². The van der Waals surface area contributed by atoms with Crippen LogP contribution in [-0.2, 0) is 12.7 Å². The number of hydrogen-bond acceptors (Lipinski definition) is 4. The van der Waals surface area contributed by atoms with E-state index in [0.717, 1.165) is 17.2 Å². The Balaban J connectivity index is 2.04. The van der Waals surface area contributed by atoms with Crippen LogP contribution in [-0.4, -0.2) is 20.9 Å². The zero-order chi connectivity index (χ0) is 22.8. The van der Waals surface area contributed by atoms with Crippen LogP contribution in [0.1, 0.15) is 43.2 Å². The van der Waals surface area contributed by atoms with Gasteiger partial charge in [0.15, 0.2) is 5.69 Å². The summed E-state index contributed by atoms with van der Waals surface area (Å²) in [4.78, 5) is 25.9. The highest BCUT2D eigenvalue weighted by atomic mass is 32.2. The van der Waals surface area contributed by atoms with E-state index < -0.39 is 17.6 Å². The maximum atomic E-state index is 13.7. The van der Waals surface area contributed by atoms with Crippen molar-refractivity contribution in [1.29, 1.82) is 0 Å². The third-order valence-corrected chi connectivity index (χ3v) is 6.10. The Morgan fingerprint density at radius 2 is 1.84 bits per heavy atom. The second-order valence-corrected chi connectivity index (χ2v) is 8.52. The molecule has 0 bridgehead atoms. The number of anilines is 1. The van der Waals surface area contributed by atoms with Gasteiger partial charge in [-0.05, 0) is 37.6 Å². The summed E-state index contributed by atoms with van der Waals surface area (Å²) in [5.41, 5.74) is -1.76. The number of nitrogens with zero attached hydrogens (tertiary/aromatic N) is 2. The molecule has 1 atom stereocenters. The number of rotatable bonds is 6. The third kappa shape index (κ3) is 4.92. The molecule has 31 heavy (non-hydrogen) atoms. The van der Waals surface area contributed by atoms with Gasteiger partial charge in [0.1, 0.15) is 0 Å². The topological polar surface area (TPSA) is 64.0 Å². The first-order valence-electron chi connectivity index (χ1n) is 9.84. The number of aromatic nitrogens is 2. The molecule has 2 aromatic carbocycles. The summed E-state index contributed by atoms with van der Waals surface area (Å²) in [6.07, 6.45) is -3.83. The lowest BCUT2D eigenvalue weighted by molar-refractivity contribution is -0.137. The summed E-state index contributed by atoms with van der Waals surface area (Å²) in [6, 6.07) is 10.3. The second kappa shape index (κ2) is 9.13. The van der Waals surface area contributed by atoms with Gasteiger partial charge in [0.05, 0.1) is 16.6 Å². The summed E-state index contributed by atoms with van der Waals surface area (Å²) in [6.45, 7) is 5.82. The van der Waals surface area contributed by atoms with Gasteiger partial charge in [-0.25, -0.2) is 4.68 Å². The number of alkyl halides is 3. The molecule has 1 N–H and O–H groups in total. The summed E-state index contributed by atoms with van der Waals surface area (Å²) < 4.78 is 42.2. The zero-order valence-electron chi connectivity index (χ0n) is 17.3. The van der Waals surface area contributed by atoms with Crippen molar-refractivity contribution in [2.45, 2.75) is 50.1 Å². The molecule has 1 amide bonds. The number of amides is 1. The predicted molar refractivity (Wildman–Crippen MR) is 117 cm³/mol. The molecule has 0 saturated heterocycles. The van der Waals surface area contributed by atoms with Crippen molar-refractivity contribution in [1.82, 2.24) is 9.78 Å². The predicted octanol–water partition coefficient (Wildman–Crippen LogP) is 5.58. The molecule has 5 nitrogen and oxygen atoms in total. The molecule has 1 unspecified atom stereocenters. The molecule has 0 fully saturated rings. The van der Waals surface area contributed by atoms with Gasteiger partial charge < -0.3 is 5.32 Å². The van der Waals surface area contributed by atoms with E-state index in [-0.39, 0.29) is 39.5 Å². The quantitative estimate of drug-likeness (QED) is 0.499. The van der Waals surface area contributed by atoms with Crippen molar-refractivity contribution in [2.24, 2.45) is 0 Å². The highest BCUT2D eigenvalue weighted by molar-refractivity contribution is 7.99. The average Bonchev–Trinajstić information content (AvgIpc) is 2.74. The first-order chi connectivity index (χ1) is 14.7. The van der Waals surface area contributed by atoms with Gasteiger partial charge in [-0.1, -0.05) is 32.0 Å². The summed E-state index contributed by atoms with van der Waals surface area (Å²) in [5.74, 6) is -0.814. The van der Waals surface area contributed by atoms with E-state index in [9.17, 15) is 22.8 Å². The van der Waals surface area contributed by atoms with E-state index in [0.29, 0.717) is 4.90 Å². The largest absolute Gasteiger partial charge is 0.418 e. The molecule has 9 heteroatoms. The maximum Gasteiger partial charge on any atom is 0.418 e. The minimum atomic E-state index is -4.65. The molecule has 0 radical (unpaired) electrons. The van der Waals surface area contributed by atoms with E-state index in [1.54, 1.807) is 37.3 Å². The summed E-state index contributed by atoms with van der Waals surface area (Å²) >= 11 is 1.34. The Hall–Kier alpha value is -2.81. The van der Waals surface area contributed by atoms with Gasteiger partial charge in [0.2, 0.25) is 0 Å². The van der Waals surface area contributed by atoms with Gasteiger partial charge in [0.25, 0.3) is 11.5 Å². The number of nitrogens with one attached hydrogen (secondary N) is 1. The average molecular weight is 449 g/mol.